The average Bonchev–Trinajstić information content (AvgIpc) is 2.32. The van der Waals surface area contributed by atoms with Gasteiger partial charge in [-0.15, -0.1) is 0 Å². The van der Waals surface area contributed by atoms with Crippen molar-refractivity contribution in [2.45, 2.75) is 0 Å². The fourth-order valence-corrected chi connectivity index (χ4v) is 1.73. The minimum Gasteiger partial charge on any atom is -0.319 e. The van der Waals surface area contributed by atoms with Crippen LogP contribution in [-0.4, -0.2) is 15.9 Å². The van der Waals surface area contributed by atoms with Gasteiger partial charge in [0.25, 0.3) is 11.5 Å². The lowest BCUT2D eigenvalue weighted by atomic mass is 10.3. The topological polar surface area (TPSA) is 74.8 Å². The molecule has 0 aliphatic rings. The molecule has 0 radical (unpaired) electrons. The molecule has 0 unspecified atom stereocenters. The average molecular weight is 284 g/mol. The highest BCUT2D eigenvalue weighted by molar-refractivity contribution is 6.36. The van der Waals surface area contributed by atoms with E-state index in [4.69, 9.17) is 23.2 Å². The van der Waals surface area contributed by atoms with Crippen LogP contribution in [0.5, 0.6) is 0 Å². The standard InChI is InChI=1S/C11H7Cl2N3O2/c12-6-1-2-8(7(13)3-6)16-11(18)9-4-10(17)15-5-14-9/h1-5H,(H,16,18)(H,14,15,17). The maximum Gasteiger partial charge on any atom is 0.274 e. The van der Waals surface area contributed by atoms with Crippen LogP contribution in [0.1, 0.15) is 10.5 Å². The van der Waals surface area contributed by atoms with Gasteiger partial charge in [0.1, 0.15) is 5.69 Å². The summed E-state index contributed by atoms with van der Waals surface area (Å²) in [7, 11) is 0. The number of aromatic nitrogens is 2. The summed E-state index contributed by atoms with van der Waals surface area (Å²) in [6.45, 7) is 0. The highest BCUT2D eigenvalue weighted by Gasteiger charge is 2.10. The number of benzene rings is 1. The van der Waals surface area contributed by atoms with Gasteiger partial charge in [0.05, 0.1) is 17.0 Å². The lowest BCUT2D eigenvalue weighted by Gasteiger charge is -2.06. The summed E-state index contributed by atoms with van der Waals surface area (Å²) >= 11 is 11.6. The first-order valence-corrected chi connectivity index (χ1v) is 5.63. The van der Waals surface area contributed by atoms with Crippen LogP contribution >= 0.6 is 23.2 Å². The maximum absolute atomic E-state index is 11.8. The number of anilines is 1. The number of carbonyl (C=O) groups excluding carboxylic acids is 1. The molecular formula is C11H7Cl2N3O2. The molecule has 0 saturated heterocycles. The van der Waals surface area contributed by atoms with E-state index in [0.717, 1.165) is 12.4 Å². The molecule has 0 aliphatic heterocycles. The van der Waals surface area contributed by atoms with Crippen LogP contribution in [0.15, 0.2) is 35.4 Å². The summed E-state index contributed by atoms with van der Waals surface area (Å²) in [5, 5.41) is 3.31. The summed E-state index contributed by atoms with van der Waals surface area (Å²) < 4.78 is 0. The Balaban J connectivity index is 2.24. The van der Waals surface area contributed by atoms with Gasteiger partial charge in [-0.05, 0) is 18.2 Å². The van der Waals surface area contributed by atoms with Gasteiger partial charge in [0, 0.05) is 11.1 Å². The number of nitrogens with zero attached hydrogens (tertiary/aromatic N) is 1. The maximum atomic E-state index is 11.8. The number of hydrogen-bond acceptors (Lipinski definition) is 3. The molecular weight excluding hydrogens is 277 g/mol. The second-order valence-corrected chi connectivity index (χ2v) is 4.22. The van der Waals surface area contributed by atoms with Crippen molar-refractivity contribution in [3.63, 3.8) is 0 Å². The van der Waals surface area contributed by atoms with E-state index in [2.05, 4.69) is 15.3 Å². The molecule has 0 saturated carbocycles. The van der Waals surface area contributed by atoms with Crippen molar-refractivity contribution in [2.75, 3.05) is 5.32 Å². The van der Waals surface area contributed by atoms with Crippen molar-refractivity contribution in [3.8, 4) is 0 Å². The molecule has 0 spiro atoms. The largest absolute Gasteiger partial charge is 0.319 e. The smallest absolute Gasteiger partial charge is 0.274 e. The number of hydrogen-bond donors (Lipinski definition) is 2. The fraction of sp³-hybridized carbons (Fsp3) is 0. The normalized spacial score (nSPS) is 10.1. The highest BCUT2D eigenvalue weighted by Crippen LogP contribution is 2.25. The molecule has 0 fully saturated rings. The molecule has 18 heavy (non-hydrogen) atoms. The minimum atomic E-state index is -0.523. The Labute approximate surface area is 112 Å². The third-order valence-corrected chi connectivity index (χ3v) is 2.64. The number of H-pyrrole nitrogens is 1. The zero-order valence-corrected chi connectivity index (χ0v) is 10.4. The van der Waals surface area contributed by atoms with Crippen LogP contribution in [0.3, 0.4) is 0 Å². The second kappa shape index (κ2) is 5.20. The number of nitrogens with one attached hydrogen (secondary N) is 2. The Morgan fingerprint density at radius 1 is 1.28 bits per heavy atom. The Kier molecular flexibility index (Phi) is 3.64. The Morgan fingerprint density at radius 2 is 2.06 bits per heavy atom. The predicted molar refractivity (Wildman–Crippen MR) is 69.3 cm³/mol. The Bertz CT molecular complexity index is 655. The third-order valence-electron chi connectivity index (χ3n) is 2.09. The molecule has 1 aromatic heterocycles. The molecule has 5 nitrogen and oxygen atoms in total. The summed E-state index contributed by atoms with van der Waals surface area (Å²) in [5.74, 6) is -0.523. The van der Waals surface area contributed by atoms with E-state index in [-0.39, 0.29) is 5.69 Å². The number of aromatic amines is 1. The van der Waals surface area contributed by atoms with Crippen molar-refractivity contribution in [2.24, 2.45) is 0 Å². The van der Waals surface area contributed by atoms with E-state index in [1.807, 2.05) is 0 Å². The molecule has 2 rings (SSSR count). The third kappa shape index (κ3) is 2.88. The van der Waals surface area contributed by atoms with Crippen LogP contribution in [0, 0.1) is 0 Å². The van der Waals surface area contributed by atoms with Crippen LogP contribution in [-0.2, 0) is 0 Å². The van der Waals surface area contributed by atoms with E-state index < -0.39 is 11.5 Å². The predicted octanol–water partition coefficient (Wildman–Crippen LogP) is 2.33. The van der Waals surface area contributed by atoms with E-state index in [9.17, 15) is 9.59 Å². The Morgan fingerprint density at radius 3 is 2.72 bits per heavy atom. The summed E-state index contributed by atoms with van der Waals surface area (Å²) in [6.07, 6.45) is 1.15. The fourth-order valence-electron chi connectivity index (χ4n) is 1.27. The number of rotatable bonds is 2. The molecule has 2 aromatic rings. The molecule has 1 heterocycles. The monoisotopic (exact) mass is 283 g/mol. The van der Waals surface area contributed by atoms with Crippen molar-refractivity contribution >= 4 is 34.8 Å². The van der Waals surface area contributed by atoms with Gasteiger partial charge < -0.3 is 10.3 Å². The zero-order valence-electron chi connectivity index (χ0n) is 8.91. The molecule has 0 aliphatic carbocycles. The van der Waals surface area contributed by atoms with E-state index >= 15 is 0 Å². The van der Waals surface area contributed by atoms with Crippen molar-refractivity contribution in [1.29, 1.82) is 0 Å². The SMILES string of the molecule is O=C(Nc1ccc(Cl)cc1Cl)c1cc(=O)[nH]cn1. The van der Waals surface area contributed by atoms with Gasteiger partial charge in [0.2, 0.25) is 0 Å². The molecule has 1 amide bonds. The van der Waals surface area contributed by atoms with Gasteiger partial charge in [-0.3, -0.25) is 9.59 Å². The van der Waals surface area contributed by atoms with Crippen molar-refractivity contribution in [3.05, 3.63) is 56.7 Å². The molecule has 92 valence electrons. The minimum absolute atomic E-state index is 0.00441. The van der Waals surface area contributed by atoms with Gasteiger partial charge in [-0.1, -0.05) is 23.2 Å². The molecule has 1 aromatic carbocycles. The summed E-state index contributed by atoms with van der Waals surface area (Å²) in [6, 6.07) is 5.76. The number of amides is 1. The van der Waals surface area contributed by atoms with E-state index in [0.29, 0.717) is 15.7 Å². The van der Waals surface area contributed by atoms with Crippen molar-refractivity contribution < 1.29 is 4.79 Å². The van der Waals surface area contributed by atoms with Gasteiger partial charge in [0.15, 0.2) is 0 Å². The second-order valence-electron chi connectivity index (χ2n) is 3.37. The molecule has 0 atom stereocenters. The lowest BCUT2D eigenvalue weighted by Crippen LogP contribution is -2.17. The van der Waals surface area contributed by atoms with Gasteiger partial charge >= 0.3 is 0 Å². The molecule has 0 bridgehead atoms. The van der Waals surface area contributed by atoms with Crippen LogP contribution < -0.4 is 10.9 Å². The first-order valence-electron chi connectivity index (χ1n) is 4.87. The lowest BCUT2D eigenvalue weighted by molar-refractivity contribution is 0.102. The highest BCUT2D eigenvalue weighted by atomic mass is 35.5. The van der Waals surface area contributed by atoms with E-state index in [1.165, 1.54) is 6.07 Å². The van der Waals surface area contributed by atoms with Crippen LogP contribution in [0.2, 0.25) is 10.0 Å². The van der Waals surface area contributed by atoms with Gasteiger partial charge in [-0.2, -0.15) is 0 Å². The zero-order chi connectivity index (χ0) is 13.1. The number of carbonyl (C=O) groups is 1. The van der Waals surface area contributed by atoms with Crippen molar-refractivity contribution in [1.82, 2.24) is 9.97 Å². The first-order chi connectivity index (χ1) is 8.56. The summed E-state index contributed by atoms with van der Waals surface area (Å²) in [4.78, 5) is 28.9. The van der Waals surface area contributed by atoms with Gasteiger partial charge in [-0.25, -0.2) is 4.98 Å². The molecule has 7 heteroatoms. The van der Waals surface area contributed by atoms with Crippen LogP contribution in [0.4, 0.5) is 5.69 Å². The van der Waals surface area contributed by atoms with E-state index in [1.54, 1.807) is 12.1 Å². The quantitative estimate of drug-likeness (QED) is 0.888. The summed E-state index contributed by atoms with van der Waals surface area (Å²) in [5.41, 5.74) is -0.00438. The first kappa shape index (κ1) is 12.6. The van der Waals surface area contributed by atoms with Crippen LogP contribution in [0.25, 0.3) is 0 Å². The number of halogens is 2. The molecule has 2 N–H and O–H groups in total. The Hall–Kier alpha value is -1.85.